The molecule has 3 heterocycles. The molecule has 0 radical (unpaired) electrons. The Balaban J connectivity index is 1.84. The van der Waals surface area contributed by atoms with Crippen LogP contribution in [-0.2, 0) is 0 Å². The Morgan fingerprint density at radius 1 is 1.08 bits per heavy atom. The first kappa shape index (κ1) is 15.3. The van der Waals surface area contributed by atoms with E-state index in [9.17, 15) is 0 Å². The molecule has 0 unspecified atom stereocenters. The van der Waals surface area contributed by atoms with Crippen molar-refractivity contribution in [1.29, 1.82) is 0 Å². The summed E-state index contributed by atoms with van der Waals surface area (Å²) in [5, 5.41) is 6.37. The number of hydrogen-bond acceptors (Lipinski definition) is 3. The van der Waals surface area contributed by atoms with Gasteiger partial charge in [0.25, 0.3) is 0 Å². The molecule has 0 bridgehead atoms. The molecule has 120 valence electrons. The van der Waals surface area contributed by atoms with Crippen molar-refractivity contribution in [2.45, 2.75) is 19.0 Å². The highest BCUT2D eigenvalue weighted by Gasteiger charge is 2.41. The number of rotatable bonds is 3. The number of thiocarbonyl (C=S) groups is 1. The van der Waals surface area contributed by atoms with Crippen molar-refractivity contribution in [2.75, 3.05) is 4.90 Å². The number of pyridine rings is 1. The number of nitrogens with one attached hydrogen (secondary N) is 1. The second-order valence-corrected chi connectivity index (χ2v) is 7.13. The van der Waals surface area contributed by atoms with Gasteiger partial charge < -0.3 is 10.2 Å². The molecule has 5 heteroatoms. The van der Waals surface area contributed by atoms with E-state index < -0.39 is 0 Å². The molecule has 2 aromatic heterocycles. The van der Waals surface area contributed by atoms with Crippen LogP contribution >= 0.6 is 23.6 Å². The lowest BCUT2D eigenvalue weighted by atomic mass is 10.0. The Morgan fingerprint density at radius 2 is 1.88 bits per heavy atom. The predicted molar refractivity (Wildman–Crippen MR) is 103 cm³/mol. The highest BCUT2D eigenvalue weighted by atomic mass is 32.1. The van der Waals surface area contributed by atoms with Crippen molar-refractivity contribution >= 4 is 34.4 Å². The van der Waals surface area contributed by atoms with Gasteiger partial charge in [0.1, 0.15) is 0 Å². The van der Waals surface area contributed by atoms with Gasteiger partial charge >= 0.3 is 0 Å². The summed E-state index contributed by atoms with van der Waals surface area (Å²) >= 11 is 7.46. The molecule has 2 atom stereocenters. The van der Waals surface area contributed by atoms with E-state index in [1.165, 1.54) is 10.4 Å². The van der Waals surface area contributed by atoms with Crippen LogP contribution in [0.2, 0.25) is 0 Å². The monoisotopic (exact) mass is 351 g/mol. The van der Waals surface area contributed by atoms with Gasteiger partial charge in [0.05, 0.1) is 17.8 Å². The molecule has 3 nitrogen and oxygen atoms in total. The summed E-state index contributed by atoms with van der Waals surface area (Å²) in [6.07, 6.45) is 1.84. The van der Waals surface area contributed by atoms with Crippen LogP contribution in [0, 0.1) is 6.92 Å². The average Bonchev–Trinajstić information content (AvgIpc) is 3.19. The Hall–Kier alpha value is -2.24. The zero-order chi connectivity index (χ0) is 16.5. The lowest BCUT2D eigenvalue weighted by Crippen LogP contribution is -2.29. The number of benzene rings is 1. The van der Waals surface area contributed by atoms with Gasteiger partial charge in [0.15, 0.2) is 5.11 Å². The van der Waals surface area contributed by atoms with Crippen molar-refractivity contribution < 1.29 is 0 Å². The molecule has 1 aliphatic rings. The number of thiophene rings is 1. The van der Waals surface area contributed by atoms with Gasteiger partial charge in [-0.15, -0.1) is 11.3 Å². The summed E-state index contributed by atoms with van der Waals surface area (Å²) in [7, 11) is 0. The Labute approximate surface area is 151 Å². The van der Waals surface area contributed by atoms with Crippen LogP contribution in [0.25, 0.3) is 0 Å². The quantitative estimate of drug-likeness (QED) is 0.697. The smallest absolute Gasteiger partial charge is 0.174 e. The third kappa shape index (κ3) is 2.60. The van der Waals surface area contributed by atoms with Crippen molar-refractivity contribution in [1.82, 2.24) is 10.3 Å². The largest absolute Gasteiger partial charge is 0.351 e. The first-order valence-corrected chi connectivity index (χ1v) is 9.14. The third-order valence-corrected chi connectivity index (χ3v) is 5.71. The minimum Gasteiger partial charge on any atom is -0.351 e. The maximum Gasteiger partial charge on any atom is 0.174 e. The molecule has 4 rings (SSSR count). The van der Waals surface area contributed by atoms with E-state index in [2.05, 4.69) is 51.8 Å². The molecule has 3 aromatic rings. The van der Waals surface area contributed by atoms with E-state index in [0.717, 1.165) is 16.5 Å². The minimum absolute atomic E-state index is 0.0382. The fraction of sp³-hybridized carbons (Fsp3) is 0.158. The van der Waals surface area contributed by atoms with Gasteiger partial charge in [-0.1, -0.05) is 24.3 Å². The van der Waals surface area contributed by atoms with Crippen molar-refractivity contribution in [2.24, 2.45) is 0 Å². The summed E-state index contributed by atoms with van der Waals surface area (Å²) in [5.74, 6) is 0. The number of anilines is 1. The van der Waals surface area contributed by atoms with E-state index in [0.29, 0.717) is 0 Å². The minimum atomic E-state index is 0.0382. The van der Waals surface area contributed by atoms with E-state index in [1.54, 1.807) is 11.3 Å². The van der Waals surface area contributed by atoms with Gasteiger partial charge in [-0.3, -0.25) is 4.98 Å². The Bertz CT molecular complexity index is 845. The topological polar surface area (TPSA) is 28.2 Å². The van der Waals surface area contributed by atoms with Crippen LogP contribution in [0.15, 0.2) is 66.2 Å². The number of nitrogens with zero attached hydrogens (tertiary/aromatic N) is 2. The predicted octanol–water partition coefficient (Wildman–Crippen LogP) is 4.63. The maximum absolute atomic E-state index is 5.69. The lowest BCUT2D eigenvalue weighted by Gasteiger charge is -2.27. The van der Waals surface area contributed by atoms with E-state index >= 15 is 0 Å². The molecular weight excluding hydrogens is 334 g/mol. The summed E-state index contributed by atoms with van der Waals surface area (Å²) < 4.78 is 0. The van der Waals surface area contributed by atoms with Crippen molar-refractivity contribution in [3.05, 3.63) is 82.3 Å². The molecule has 0 aliphatic carbocycles. The van der Waals surface area contributed by atoms with E-state index in [1.807, 2.05) is 36.5 Å². The fourth-order valence-corrected chi connectivity index (χ4v) is 4.57. The number of para-hydroxylation sites is 1. The zero-order valence-electron chi connectivity index (χ0n) is 13.2. The van der Waals surface area contributed by atoms with Crippen LogP contribution in [0.3, 0.4) is 0 Å². The molecular formula is C19H17N3S2. The van der Waals surface area contributed by atoms with Gasteiger partial charge in [0.2, 0.25) is 0 Å². The fourth-order valence-electron chi connectivity index (χ4n) is 3.18. The molecule has 1 aromatic carbocycles. The normalized spacial score (nSPS) is 20.2. The standard InChI is InChI=1S/C19H17N3S2/c1-13-10-12-24-18(13)17-16(15-9-5-6-11-20-15)21-19(23)22(17)14-7-3-2-4-8-14/h2-12,16-17H,1H3,(H,21,23)/t16-,17-/m0/s1. The second-order valence-electron chi connectivity index (χ2n) is 5.80. The van der Waals surface area contributed by atoms with Crippen LogP contribution in [0.4, 0.5) is 5.69 Å². The van der Waals surface area contributed by atoms with E-state index in [-0.39, 0.29) is 12.1 Å². The molecule has 0 saturated carbocycles. The van der Waals surface area contributed by atoms with Gasteiger partial charge in [-0.25, -0.2) is 0 Å². The molecule has 0 spiro atoms. The number of aryl methyl sites for hydroxylation is 1. The molecule has 24 heavy (non-hydrogen) atoms. The SMILES string of the molecule is Cc1ccsc1[C@@H]1[C@H](c2ccccn2)NC(=S)N1c1ccccc1. The molecule has 1 fully saturated rings. The third-order valence-electron chi connectivity index (χ3n) is 4.30. The highest BCUT2D eigenvalue weighted by molar-refractivity contribution is 7.80. The van der Waals surface area contributed by atoms with Gasteiger partial charge in [0, 0.05) is 16.8 Å². The van der Waals surface area contributed by atoms with Crippen LogP contribution in [0.5, 0.6) is 0 Å². The second kappa shape index (κ2) is 6.34. The molecule has 1 saturated heterocycles. The van der Waals surface area contributed by atoms with E-state index in [4.69, 9.17) is 12.2 Å². The lowest BCUT2D eigenvalue weighted by molar-refractivity contribution is 0.573. The molecule has 1 aliphatic heterocycles. The molecule has 0 amide bonds. The van der Waals surface area contributed by atoms with Crippen LogP contribution < -0.4 is 10.2 Å². The summed E-state index contributed by atoms with van der Waals surface area (Å²) in [4.78, 5) is 8.11. The Kier molecular flexibility index (Phi) is 4.04. The Morgan fingerprint density at radius 3 is 2.54 bits per heavy atom. The summed E-state index contributed by atoms with van der Waals surface area (Å²) in [6.45, 7) is 2.16. The maximum atomic E-state index is 5.69. The number of hydrogen-bond donors (Lipinski definition) is 1. The summed E-state index contributed by atoms with van der Waals surface area (Å²) in [5.41, 5.74) is 3.40. The average molecular weight is 352 g/mol. The molecule has 1 N–H and O–H groups in total. The summed E-state index contributed by atoms with van der Waals surface area (Å²) in [6, 6.07) is 18.7. The number of aromatic nitrogens is 1. The van der Waals surface area contributed by atoms with Gasteiger partial charge in [-0.05, 0) is 60.4 Å². The first-order chi connectivity index (χ1) is 11.8. The highest BCUT2D eigenvalue weighted by Crippen LogP contribution is 2.44. The van der Waals surface area contributed by atoms with Crippen molar-refractivity contribution in [3.8, 4) is 0 Å². The van der Waals surface area contributed by atoms with Gasteiger partial charge in [-0.2, -0.15) is 0 Å². The first-order valence-electron chi connectivity index (χ1n) is 7.85. The zero-order valence-corrected chi connectivity index (χ0v) is 14.8. The van der Waals surface area contributed by atoms with Crippen LogP contribution in [0.1, 0.15) is 28.2 Å². The van der Waals surface area contributed by atoms with Crippen molar-refractivity contribution in [3.63, 3.8) is 0 Å². The van der Waals surface area contributed by atoms with Crippen LogP contribution in [-0.4, -0.2) is 10.1 Å².